The first-order chi connectivity index (χ1) is 8.49. The van der Waals surface area contributed by atoms with E-state index in [1.54, 1.807) is 31.2 Å². The van der Waals surface area contributed by atoms with Crippen LogP contribution in [0.2, 0.25) is 0 Å². The van der Waals surface area contributed by atoms with Crippen molar-refractivity contribution >= 4 is 11.5 Å². The molecule has 0 aliphatic rings. The van der Waals surface area contributed by atoms with Gasteiger partial charge in [0, 0.05) is 16.8 Å². The third-order valence-electron chi connectivity index (χ3n) is 2.93. The topological polar surface area (TPSA) is 43.1 Å². The average Bonchev–Trinajstić information content (AvgIpc) is 2.35. The van der Waals surface area contributed by atoms with Gasteiger partial charge in [-0.05, 0) is 55.3 Å². The van der Waals surface area contributed by atoms with Gasteiger partial charge in [-0.3, -0.25) is 4.79 Å². The molecule has 0 amide bonds. The van der Waals surface area contributed by atoms with Gasteiger partial charge in [0.05, 0.1) is 0 Å². The van der Waals surface area contributed by atoms with E-state index in [2.05, 4.69) is 0 Å². The van der Waals surface area contributed by atoms with Crippen LogP contribution in [-0.2, 0) is 0 Å². The Morgan fingerprint density at radius 1 is 1.06 bits per heavy atom. The first-order valence-electron chi connectivity index (χ1n) is 5.66. The summed E-state index contributed by atoms with van der Waals surface area (Å²) in [7, 11) is 0. The highest BCUT2D eigenvalue weighted by molar-refractivity contribution is 6.10. The van der Waals surface area contributed by atoms with Crippen molar-refractivity contribution in [3.05, 3.63) is 64.5 Å². The monoisotopic (exact) mass is 243 g/mol. The van der Waals surface area contributed by atoms with Crippen LogP contribution < -0.4 is 5.73 Å². The highest BCUT2D eigenvalue weighted by Gasteiger charge is 2.13. The van der Waals surface area contributed by atoms with Crippen molar-refractivity contribution in [3.63, 3.8) is 0 Å². The number of hydrogen-bond acceptors (Lipinski definition) is 2. The molecule has 0 spiro atoms. The summed E-state index contributed by atoms with van der Waals surface area (Å²) in [4.78, 5) is 12.3. The van der Waals surface area contributed by atoms with Crippen LogP contribution in [-0.4, -0.2) is 5.78 Å². The summed E-state index contributed by atoms with van der Waals surface area (Å²) in [6.07, 6.45) is 0. The lowest BCUT2D eigenvalue weighted by Crippen LogP contribution is -2.05. The van der Waals surface area contributed by atoms with Crippen LogP contribution in [0.3, 0.4) is 0 Å². The fraction of sp³-hybridized carbons (Fsp3) is 0.133. The molecule has 0 heterocycles. The summed E-state index contributed by atoms with van der Waals surface area (Å²) >= 11 is 0. The molecule has 0 saturated carbocycles. The molecule has 3 heteroatoms. The van der Waals surface area contributed by atoms with Crippen LogP contribution in [0.1, 0.15) is 27.0 Å². The Bertz CT molecular complexity index is 620. The Labute approximate surface area is 105 Å². The quantitative estimate of drug-likeness (QED) is 0.650. The van der Waals surface area contributed by atoms with E-state index in [1.807, 2.05) is 6.92 Å². The van der Waals surface area contributed by atoms with Crippen LogP contribution in [0, 0.1) is 19.7 Å². The number of carbonyl (C=O) groups is 1. The minimum Gasteiger partial charge on any atom is -0.399 e. The smallest absolute Gasteiger partial charge is 0.193 e. The molecule has 2 aromatic carbocycles. The van der Waals surface area contributed by atoms with Crippen molar-refractivity contribution in [3.8, 4) is 0 Å². The Hall–Kier alpha value is -2.16. The Morgan fingerprint density at radius 2 is 1.78 bits per heavy atom. The molecule has 0 fully saturated rings. The number of halogens is 1. The van der Waals surface area contributed by atoms with Gasteiger partial charge in [-0.2, -0.15) is 0 Å². The second-order valence-corrected chi connectivity index (χ2v) is 4.37. The fourth-order valence-corrected chi connectivity index (χ4v) is 1.83. The summed E-state index contributed by atoms with van der Waals surface area (Å²) in [5.41, 5.74) is 8.58. The summed E-state index contributed by atoms with van der Waals surface area (Å²) < 4.78 is 13.2. The lowest BCUT2D eigenvalue weighted by Gasteiger charge is -2.07. The van der Waals surface area contributed by atoms with Crippen LogP contribution in [0.4, 0.5) is 10.1 Å². The molecule has 0 aliphatic heterocycles. The van der Waals surface area contributed by atoms with E-state index in [4.69, 9.17) is 5.73 Å². The summed E-state index contributed by atoms with van der Waals surface area (Å²) in [6, 6.07) is 9.56. The fourth-order valence-electron chi connectivity index (χ4n) is 1.83. The number of nitrogens with two attached hydrogens (primary N) is 1. The van der Waals surface area contributed by atoms with Gasteiger partial charge in [-0.1, -0.05) is 6.07 Å². The van der Waals surface area contributed by atoms with Crippen molar-refractivity contribution in [1.82, 2.24) is 0 Å². The Kier molecular flexibility index (Phi) is 3.15. The SMILES string of the molecule is Cc1cc(C(=O)c2cc(N)ccc2C)ccc1F. The maximum atomic E-state index is 13.2. The third-order valence-corrected chi connectivity index (χ3v) is 2.93. The largest absolute Gasteiger partial charge is 0.399 e. The number of aryl methyl sites for hydroxylation is 2. The molecular formula is C15H14FNO. The van der Waals surface area contributed by atoms with Crippen molar-refractivity contribution in [2.24, 2.45) is 0 Å². The molecule has 0 atom stereocenters. The predicted molar refractivity (Wildman–Crippen MR) is 70.2 cm³/mol. The van der Waals surface area contributed by atoms with Crippen LogP contribution in [0.5, 0.6) is 0 Å². The number of anilines is 1. The molecule has 2 nitrogen and oxygen atoms in total. The second kappa shape index (κ2) is 4.61. The predicted octanol–water partition coefficient (Wildman–Crippen LogP) is 3.26. The molecule has 2 rings (SSSR count). The lowest BCUT2D eigenvalue weighted by atomic mass is 9.97. The van der Waals surface area contributed by atoms with Gasteiger partial charge >= 0.3 is 0 Å². The molecular weight excluding hydrogens is 229 g/mol. The molecule has 0 aromatic heterocycles. The van der Waals surface area contributed by atoms with Crippen molar-refractivity contribution < 1.29 is 9.18 Å². The second-order valence-electron chi connectivity index (χ2n) is 4.37. The molecule has 2 aromatic rings. The van der Waals surface area contributed by atoms with E-state index >= 15 is 0 Å². The molecule has 0 unspecified atom stereocenters. The number of benzene rings is 2. The van der Waals surface area contributed by atoms with E-state index in [-0.39, 0.29) is 11.6 Å². The van der Waals surface area contributed by atoms with E-state index in [0.29, 0.717) is 22.4 Å². The number of rotatable bonds is 2. The van der Waals surface area contributed by atoms with Gasteiger partial charge in [0.1, 0.15) is 5.82 Å². The molecule has 0 saturated heterocycles. The summed E-state index contributed by atoms with van der Waals surface area (Å²) in [5.74, 6) is -0.446. The van der Waals surface area contributed by atoms with E-state index < -0.39 is 0 Å². The molecule has 0 bridgehead atoms. The van der Waals surface area contributed by atoms with Crippen molar-refractivity contribution in [1.29, 1.82) is 0 Å². The minimum absolute atomic E-state index is 0.136. The van der Waals surface area contributed by atoms with Crippen molar-refractivity contribution in [2.75, 3.05) is 5.73 Å². The minimum atomic E-state index is -0.309. The average molecular weight is 243 g/mol. The summed E-state index contributed by atoms with van der Waals surface area (Å²) in [5, 5.41) is 0. The van der Waals surface area contributed by atoms with Crippen LogP contribution in [0.15, 0.2) is 36.4 Å². The Balaban J connectivity index is 2.47. The maximum Gasteiger partial charge on any atom is 0.193 e. The van der Waals surface area contributed by atoms with Crippen LogP contribution in [0.25, 0.3) is 0 Å². The first kappa shape index (κ1) is 12.3. The standard InChI is InChI=1S/C15H14FNO/c1-9-3-5-12(17)8-13(9)15(18)11-4-6-14(16)10(2)7-11/h3-8H,17H2,1-2H3. The van der Waals surface area contributed by atoms with E-state index in [9.17, 15) is 9.18 Å². The number of hydrogen-bond donors (Lipinski definition) is 1. The molecule has 0 aliphatic carbocycles. The molecule has 92 valence electrons. The number of carbonyl (C=O) groups excluding carboxylic acids is 1. The van der Waals surface area contributed by atoms with E-state index in [1.165, 1.54) is 12.1 Å². The Morgan fingerprint density at radius 3 is 2.44 bits per heavy atom. The van der Waals surface area contributed by atoms with Gasteiger partial charge in [0.25, 0.3) is 0 Å². The zero-order chi connectivity index (χ0) is 13.3. The van der Waals surface area contributed by atoms with Crippen LogP contribution >= 0.6 is 0 Å². The molecule has 2 N–H and O–H groups in total. The zero-order valence-electron chi connectivity index (χ0n) is 10.3. The van der Waals surface area contributed by atoms with Gasteiger partial charge in [0.15, 0.2) is 5.78 Å². The molecule has 0 radical (unpaired) electrons. The normalized spacial score (nSPS) is 10.4. The van der Waals surface area contributed by atoms with Gasteiger partial charge in [-0.15, -0.1) is 0 Å². The first-order valence-corrected chi connectivity index (χ1v) is 5.66. The summed E-state index contributed by atoms with van der Waals surface area (Å²) in [6.45, 7) is 3.49. The highest BCUT2D eigenvalue weighted by atomic mass is 19.1. The third kappa shape index (κ3) is 2.25. The lowest BCUT2D eigenvalue weighted by molar-refractivity contribution is 0.103. The van der Waals surface area contributed by atoms with Gasteiger partial charge < -0.3 is 5.73 Å². The zero-order valence-corrected chi connectivity index (χ0v) is 10.3. The van der Waals surface area contributed by atoms with Gasteiger partial charge in [0.2, 0.25) is 0 Å². The molecule has 18 heavy (non-hydrogen) atoms. The maximum absolute atomic E-state index is 13.2. The number of nitrogen functional groups attached to an aromatic ring is 1. The van der Waals surface area contributed by atoms with Gasteiger partial charge in [-0.25, -0.2) is 4.39 Å². The van der Waals surface area contributed by atoms with Crippen molar-refractivity contribution in [2.45, 2.75) is 13.8 Å². The van der Waals surface area contributed by atoms with E-state index in [0.717, 1.165) is 5.56 Å². The highest BCUT2D eigenvalue weighted by Crippen LogP contribution is 2.18. The number of ketones is 1.